The monoisotopic (exact) mass is 580 g/mol. The van der Waals surface area contributed by atoms with Crippen molar-refractivity contribution in [2.75, 3.05) is 6.61 Å². The van der Waals surface area contributed by atoms with Crippen molar-refractivity contribution >= 4 is 6.29 Å². The smallest absolute Gasteiger partial charge is 0.120 e. The van der Waals surface area contributed by atoms with Gasteiger partial charge in [-0.05, 0) is 28.7 Å². The van der Waals surface area contributed by atoms with Crippen LogP contribution in [0.25, 0.3) is 0 Å². The predicted octanol–water partition coefficient (Wildman–Crippen LogP) is 6.71. The first kappa shape index (κ1) is 30.8. The van der Waals surface area contributed by atoms with Crippen molar-refractivity contribution in [1.82, 2.24) is 0 Å². The number of ether oxygens (including phenoxy) is 5. The highest BCUT2D eigenvalue weighted by molar-refractivity contribution is 5.49. The van der Waals surface area contributed by atoms with E-state index in [1.807, 2.05) is 121 Å². The SMILES string of the molecule is O=CCC[C@H]1OC(COCc2ccccc2)[C@H](OCc2ccccc2)[C@@H](OCc2ccccc2)C1OCc1ccccc1. The maximum atomic E-state index is 11.5. The number of rotatable bonds is 16. The second-order valence-electron chi connectivity index (χ2n) is 10.7. The zero-order valence-electron chi connectivity index (χ0n) is 24.4. The van der Waals surface area contributed by atoms with E-state index in [0.717, 1.165) is 28.5 Å². The quantitative estimate of drug-likeness (QED) is 0.137. The van der Waals surface area contributed by atoms with E-state index in [0.29, 0.717) is 45.9 Å². The third-order valence-electron chi connectivity index (χ3n) is 7.55. The summed E-state index contributed by atoms with van der Waals surface area (Å²) in [5.41, 5.74) is 4.24. The van der Waals surface area contributed by atoms with E-state index in [-0.39, 0.29) is 6.10 Å². The molecule has 1 fully saturated rings. The molecule has 1 saturated heterocycles. The minimum Gasteiger partial charge on any atom is -0.374 e. The summed E-state index contributed by atoms with van der Waals surface area (Å²) in [6, 6.07) is 40.3. The molecule has 224 valence electrons. The van der Waals surface area contributed by atoms with Crippen LogP contribution in [0.2, 0.25) is 0 Å². The van der Waals surface area contributed by atoms with E-state index in [1.165, 1.54) is 0 Å². The maximum Gasteiger partial charge on any atom is 0.120 e. The van der Waals surface area contributed by atoms with Gasteiger partial charge < -0.3 is 28.5 Å². The highest BCUT2D eigenvalue weighted by Gasteiger charge is 2.48. The first-order valence-electron chi connectivity index (χ1n) is 15.0. The van der Waals surface area contributed by atoms with Gasteiger partial charge in [0.1, 0.15) is 30.7 Å². The van der Waals surface area contributed by atoms with E-state index in [1.54, 1.807) is 0 Å². The second-order valence-corrected chi connectivity index (χ2v) is 10.7. The fraction of sp³-hybridized carbons (Fsp3) is 0.324. The topological polar surface area (TPSA) is 63.2 Å². The molecule has 5 atom stereocenters. The van der Waals surface area contributed by atoms with Crippen molar-refractivity contribution < 1.29 is 28.5 Å². The van der Waals surface area contributed by atoms with Gasteiger partial charge in [-0.2, -0.15) is 0 Å². The first-order chi connectivity index (χ1) is 21.3. The molecule has 0 radical (unpaired) electrons. The lowest BCUT2D eigenvalue weighted by molar-refractivity contribution is -0.273. The summed E-state index contributed by atoms with van der Waals surface area (Å²) in [7, 11) is 0. The van der Waals surface area contributed by atoms with E-state index < -0.39 is 24.4 Å². The lowest BCUT2D eigenvalue weighted by Gasteiger charge is -2.46. The first-order valence-corrected chi connectivity index (χ1v) is 15.0. The number of hydrogen-bond acceptors (Lipinski definition) is 6. The van der Waals surface area contributed by atoms with Crippen LogP contribution in [0.3, 0.4) is 0 Å². The largest absolute Gasteiger partial charge is 0.374 e. The molecule has 2 unspecified atom stereocenters. The minimum absolute atomic E-state index is 0.308. The molecular weight excluding hydrogens is 540 g/mol. The van der Waals surface area contributed by atoms with E-state index in [2.05, 4.69) is 0 Å². The fourth-order valence-electron chi connectivity index (χ4n) is 5.35. The average Bonchev–Trinajstić information content (AvgIpc) is 3.07. The Hall–Kier alpha value is -3.65. The molecule has 0 N–H and O–H groups in total. The van der Waals surface area contributed by atoms with Crippen LogP contribution in [-0.2, 0) is 54.9 Å². The van der Waals surface area contributed by atoms with Crippen LogP contribution >= 0.6 is 0 Å². The Kier molecular flexibility index (Phi) is 12.1. The molecule has 1 heterocycles. The van der Waals surface area contributed by atoms with Crippen molar-refractivity contribution in [3.63, 3.8) is 0 Å². The van der Waals surface area contributed by atoms with Gasteiger partial charge >= 0.3 is 0 Å². The Morgan fingerprint density at radius 3 is 1.35 bits per heavy atom. The Morgan fingerprint density at radius 1 is 0.512 bits per heavy atom. The van der Waals surface area contributed by atoms with Gasteiger partial charge in [-0.25, -0.2) is 0 Å². The van der Waals surface area contributed by atoms with Crippen LogP contribution in [0, 0.1) is 0 Å². The van der Waals surface area contributed by atoms with E-state index >= 15 is 0 Å². The molecule has 5 rings (SSSR count). The molecule has 0 aromatic heterocycles. The Balaban J connectivity index is 1.41. The molecule has 0 aliphatic carbocycles. The molecular formula is C37H40O6. The minimum atomic E-state index is -0.479. The van der Waals surface area contributed by atoms with Gasteiger partial charge in [0, 0.05) is 6.42 Å². The maximum absolute atomic E-state index is 11.5. The average molecular weight is 581 g/mol. The van der Waals surface area contributed by atoms with Crippen LogP contribution in [0.5, 0.6) is 0 Å². The zero-order valence-corrected chi connectivity index (χ0v) is 24.4. The third kappa shape index (κ3) is 9.42. The summed E-state index contributed by atoms with van der Waals surface area (Å²) in [5.74, 6) is 0. The summed E-state index contributed by atoms with van der Waals surface area (Å²) >= 11 is 0. The Labute approximate surface area is 254 Å². The summed E-state index contributed by atoms with van der Waals surface area (Å²) in [6.07, 6.45) is -0.427. The normalized spacial score (nSPS) is 21.8. The molecule has 0 bridgehead atoms. The lowest BCUT2D eigenvalue weighted by atomic mass is 9.92. The number of aldehydes is 1. The summed E-state index contributed by atoms with van der Waals surface area (Å²) in [5, 5.41) is 0. The second kappa shape index (κ2) is 16.8. The van der Waals surface area contributed by atoms with Gasteiger partial charge in [0.25, 0.3) is 0 Å². The summed E-state index contributed by atoms with van der Waals surface area (Å²) < 4.78 is 32.8. The molecule has 6 nitrogen and oxygen atoms in total. The molecule has 0 amide bonds. The highest BCUT2D eigenvalue weighted by atomic mass is 16.6. The number of benzene rings is 4. The lowest BCUT2D eigenvalue weighted by Crippen LogP contribution is -2.61. The van der Waals surface area contributed by atoms with Gasteiger partial charge in [-0.3, -0.25) is 0 Å². The van der Waals surface area contributed by atoms with Crippen molar-refractivity contribution in [2.24, 2.45) is 0 Å². The van der Waals surface area contributed by atoms with Crippen molar-refractivity contribution in [3.05, 3.63) is 144 Å². The van der Waals surface area contributed by atoms with Gasteiger partial charge in [-0.1, -0.05) is 121 Å². The van der Waals surface area contributed by atoms with Crippen molar-refractivity contribution in [2.45, 2.75) is 69.8 Å². The van der Waals surface area contributed by atoms with Gasteiger partial charge in [0.05, 0.1) is 39.1 Å². The number of carbonyl (C=O) groups is 1. The standard InChI is InChI=1S/C37H40O6/c38-23-13-22-33-35(40-25-30-16-7-2-8-17-30)37(42-27-32-20-11-4-12-21-32)36(41-26-31-18-9-3-10-19-31)34(43-33)28-39-24-29-14-5-1-6-15-29/h1-12,14-21,23,33-37H,13,22,24-28H2/t33-,34?,35?,36+,37+/m1/s1. The van der Waals surface area contributed by atoms with Crippen molar-refractivity contribution in [3.8, 4) is 0 Å². The van der Waals surface area contributed by atoms with Crippen molar-refractivity contribution in [1.29, 1.82) is 0 Å². The highest BCUT2D eigenvalue weighted by Crippen LogP contribution is 2.32. The molecule has 0 spiro atoms. The summed E-state index contributed by atoms with van der Waals surface area (Å²) in [4.78, 5) is 11.5. The van der Waals surface area contributed by atoms with Crippen LogP contribution in [0.4, 0.5) is 0 Å². The van der Waals surface area contributed by atoms with Crippen LogP contribution < -0.4 is 0 Å². The molecule has 1 aliphatic rings. The summed E-state index contributed by atoms with van der Waals surface area (Å²) in [6.45, 7) is 1.93. The molecule has 0 saturated carbocycles. The third-order valence-corrected chi connectivity index (χ3v) is 7.55. The van der Waals surface area contributed by atoms with Gasteiger partial charge in [0.15, 0.2) is 0 Å². The van der Waals surface area contributed by atoms with Crippen LogP contribution in [-0.4, -0.2) is 43.4 Å². The van der Waals surface area contributed by atoms with E-state index in [9.17, 15) is 4.79 Å². The van der Waals surface area contributed by atoms with Crippen LogP contribution in [0.1, 0.15) is 35.1 Å². The zero-order chi connectivity index (χ0) is 29.5. The number of hydrogen-bond donors (Lipinski definition) is 0. The number of carbonyl (C=O) groups excluding carboxylic acids is 1. The molecule has 4 aromatic carbocycles. The molecule has 43 heavy (non-hydrogen) atoms. The molecule has 1 aliphatic heterocycles. The molecule has 6 heteroatoms. The van der Waals surface area contributed by atoms with Crippen LogP contribution in [0.15, 0.2) is 121 Å². The Bertz CT molecular complexity index is 1320. The Morgan fingerprint density at radius 2 is 0.907 bits per heavy atom. The molecule has 4 aromatic rings. The predicted molar refractivity (Wildman–Crippen MR) is 165 cm³/mol. The van der Waals surface area contributed by atoms with Gasteiger partial charge in [-0.15, -0.1) is 0 Å². The fourth-order valence-corrected chi connectivity index (χ4v) is 5.35. The van der Waals surface area contributed by atoms with Gasteiger partial charge in [0.2, 0.25) is 0 Å². The van der Waals surface area contributed by atoms with E-state index in [4.69, 9.17) is 23.7 Å².